The van der Waals surface area contributed by atoms with Crippen molar-refractivity contribution in [3.8, 4) is 0 Å². The van der Waals surface area contributed by atoms with Gasteiger partial charge in [-0.25, -0.2) is 0 Å². The predicted molar refractivity (Wildman–Crippen MR) is 55.6 cm³/mol. The van der Waals surface area contributed by atoms with Crippen LogP contribution in [0.1, 0.15) is 26.7 Å². The van der Waals surface area contributed by atoms with Crippen LogP contribution in [0.3, 0.4) is 0 Å². The summed E-state index contributed by atoms with van der Waals surface area (Å²) in [5, 5.41) is 0. The van der Waals surface area contributed by atoms with Gasteiger partial charge in [-0.15, -0.1) is 0 Å². The molecule has 2 heteroatoms. The number of hydrogen-bond donors (Lipinski definition) is 0. The highest BCUT2D eigenvalue weighted by molar-refractivity contribution is 14.1. The van der Waals surface area contributed by atoms with E-state index in [4.69, 9.17) is 0 Å². The molecular formula is C6H10I2. The topological polar surface area (TPSA) is 0 Å². The van der Waals surface area contributed by atoms with E-state index in [0.717, 1.165) is 0 Å². The Balaban J connectivity index is 3.83. The second-order valence-corrected chi connectivity index (χ2v) is 4.12. The van der Waals surface area contributed by atoms with E-state index in [1.165, 1.54) is 20.0 Å². The van der Waals surface area contributed by atoms with Gasteiger partial charge in [0.25, 0.3) is 0 Å². The molecule has 0 nitrogen and oxygen atoms in total. The molecule has 0 aromatic heterocycles. The van der Waals surface area contributed by atoms with Gasteiger partial charge in [0.15, 0.2) is 0 Å². The van der Waals surface area contributed by atoms with Crippen LogP contribution in [0.15, 0.2) is 7.16 Å². The smallest absolute Gasteiger partial charge is 0.000427 e. The van der Waals surface area contributed by atoms with Gasteiger partial charge in [0.05, 0.1) is 0 Å². The highest BCUT2D eigenvalue weighted by Gasteiger charge is 1.92. The monoisotopic (exact) mass is 336 g/mol. The maximum atomic E-state index is 2.40. The van der Waals surface area contributed by atoms with Crippen LogP contribution in [0.25, 0.3) is 0 Å². The van der Waals surface area contributed by atoms with E-state index < -0.39 is 0 Å². The van der Waals surface area contributed by atoms with E-state index in [1.807, 2.05) is 0 Å². The van der Waals surface area contributed by atoms with Gasteiger partial charge < -0.3 is 0 Å². The Morgan fingerprint density at radius 3 is 1.38 bits per heavy atom. The zero-order chi connectivity index (χ0) is 6.57. The first kappa shape index (κ1) is 9.20. The average molecular weight is 336 g/mol. The highest BCUT2D eigenvalue weighted by Crippen LogP contribution is 2.23. The van der Waals surface area contributed by atoms with Crippen LogP contribution in [-0.4, -0.2) is 0 Å². The van der Waals surface area contributed by atoms with Crippen LogP contribution in [-0.2, 0) is 0 Å². The van der Waals surface area contributed by atoms with E-state index in [0.29, 0.717) is 0 Å². The van der Waals surface area contributed by atoms with Crippen LogP contribution in [0.4, 0.5) is 0 Å². The lowest BCUT2D eigenvalue weighted by molar-refractivity contribution is 1.14. The normalized spacial score (nSPS) is 13.5. The van der Waals surface area contributed by atoms with Crippen molar-refractivity contribution in [2.75, 3.05) is 0 Å². The summed E-state index contributed by atoms with van der Waals surface area (Å²) in [6, 6.07) is 0. The molecule has 0 fully saturated rings. The molecule has 0 atom stereocenters. The van der Waals surface area contributed by atoms with Gasteiger partial charge >= 0.3 is 0 Å². The Hall–Kier alpha value is 1.20. The molecule has 8 heavy (non-hydrogen) atoms. The van der Waals surface area contributed by atoms with Gasteiger partial charge in [-0.1, -0.05) is 13.8 Å². The fraction of sp³-hybridized carbons (Fsp3) is 0.667. The Bertz CT molecular complexity index is 82.7. The lowest BCUT2D eigenvalue weighted by Gasteiger charge is -1.95. The molecule has 0 aromatic carbocycles. The minimum Gasteiger partial charge on any atom is -0.0608 e. The van der Waals surface area contributed by atoms with Gasteiger partial charge in [0.1, 0.15) is 0 Å². The molecule has 0 rings (SSSR count). The second-order valence-electron chi connectivity index (χ2n) is 1.52. The van der Waals surface area contributed by atoms with Crippen molar-refractivity contribution in [3.63, 3.8) is 0 Å². The number of allylic oxidation sites excluding steroid dienone is 2. The summed E-state index contributed by atoms with van der Waals surface area (Å²) in [6.45, 7) is 4.38. The van der Waals surface area contributed by atoms with Crippen LogP contribution in [0.5, 0.6) is 0 Å². The minimum absolute atomic E-state index is 1.19. The third-order valence-corrected chi connectivity index (χ3v) is 4.77. The molecule has 0 aromatic rings. The van der Waals surface area contributed by atoms with Crippen molar-refractivity contribution in [2.45, 2.75) is 26.7 Å². The average Bonchev–Trinajstić information content (AvgIpc) is 1.84. The van der Waals surface area contributed by atoms with Gasteiger partial charge in [0, 0.05) is 0 Å². The standard InChI is InChI=1S/C6H10I2/c1-3-5(7)6(8)4-2/h3-4H2,1-2H3/b6-5+. The quantitative estimate of drug-likeness (QED) is 0.672. The first-order chi connectivity index (χ1) is 3.72. The Morgan fingerprint density at radius 2 is 1.25 bits per heavy atom. The fourth-order valence-corrected chi connectivity index (χ4v) is 1.15. The van der Waals surface area contributed by atoms with Crippen LogP contribution in [0, 0.1) is 0 Å². The van der Waals surface area contributed by atoms with Crippen molar-refractivity contribution in [2.24, 2.45) is 0 Å². The number of rotatable bonds is 2. The van der Waals surface area contributed by atoms with Crippen molar-refractivity contribution in [3.05, 3.63) is 7.16 Å². The molecular weight excluding hydrogens is 326 g/mol. The molecule has 0 heterocycles. The number of halogens is 2. The summed E-state index contributed by atoms with van der Waals surface area (Å²) in [5.41, 5.74) is 0. The zero-order valence-electron chi connectivity index (χ0n) is 5.17. The molecule has 0 aliphatic carbocycles. The molecule has 0 radical (unpaired) electrons. The van der Waals surface area contributed by atoms with Crippen LogP contribution >= 0.6 is 45.2 Å². The van der Waals surface area contributed by atoms with E-state index in [2.05, 4.69) is 59.0 Å². The summed E-state index contributed by atoms with van der Waals surface area (Å²) in [7, 11) is 0. The molecule has 0 amide bonds. The first-order valence-corrected chi connectivity index (χ1v) is 4.91. The number of hydrogen-bond acceptors (Lipinski definition) is 0. The summed E-state index contributed by atoms with van der Waals surface area (Å²) in [5.74, 6) is 0. The predicted octanol–water partition coefficient (Wildman–Crippen LogP) is 3.89. The molecule has 48 valence electrons. The Morgan fingerprint density at radius 1 is 1.00 bits per heavy atom. The summed E-state index contributed by atoms with van der Waals surface area (Å²) in [6.07, 6.45) is 2.37. The summed E-state index contributed by atoms with van der Waals surface area (Å²) >= 11 is 4.81. The zero-order valence-corrected chi connectivity index (χ0v) is 9.49. The Kier molecular flexibility index (Phi) is 5.78. The first-order valence-electron chi connectivity index (χ1n) is 2.75. The second kappa shape index (κ2) is 5.02. The molecule has 0 saturated heterocycles. The molecule has 0 aliphatic heterocycles. The van der Waals surface area contributed by atoms with E-state index in [9.17, 15) is 0 Å². The summed E-state index contributed by atoms with van der Waals surface area (Å²) in [4.78, 5) is 0. The van der Waals surface area contributed by atoms with Crippen molar-refractivity contribution in [1.82, 2.24) is 0 Å². The van der Waals surface area contributed by atoms with Crippen LogP contribution < -0.4 is 0 Å². The van der Waals surface area contributed by atoms with Crippen molar-refractivity contribution >= 4 is 45.2 Å². The van der Waals surface area contributed by atoms with E-state index >= 15 is 0 Å². The Labute approximate surface area is 78.4 Å². The van der Waals surface area contributed by atoms with Crippen LogP contribution in [0.2, 0.25) is 0 Å². The molecule has 0 N–H and O–H groups in total. The SMILES string of the molecule is CC/C(I)=C(\I)CC. The molecule has 0 aliphatic rings. The molecule has 0 unspecified atom stereocenters. The lowest BCUT2D eigenvalue weighted by atomic mass is 10.4. The third kappa shape index (κ3) is 3.27. The van der Waals surface area contributed by atoms with E-state index in [1.54, 1.807) is 0 Å². The van der Waals surface area contributed by atoms with Gasteiger partial charge in [0.2, 0.25) is 0 Å². The maximum absolute atomic E-state index is 2.40. The summed E-state index contributed by atoms with van der Waals surface area (Å²) < 4.78 is 3.01. The van der Waals surface area contributed by atoms with Crippen molar-refractivity contribution < 1.29 is 0 Å². The fourth-order valence-electron chi connectivity index (χ4n) is 0.384. The van der Waals surface area contributed by atoms with Gasteiger partial charge in [-0.05, 0) is 65.2 Å². The largest absolute Gasteiger partial charge is 0.0608 e. The highest BCUT2D eigenvalue weighted by atomic mass is 127. The van der Waals surface area contributed by atoms with Gasteiger partial charge in [-0.2, -0.15) is 0 Å². The third-order valence-electron chi connectivity index (χ3n) is 0.915. The molecule has 0 saturated carbocycles. The maximum Gasteiger partial charge on any atom is -0.000427 e. The van der Waals surface area contributed by atoms with Crippen molar-refractivity contribution in [1.29, 1.82) is 0 Å². The molecule has 0 bridgehead atoms. The van der Waals surface area contributed by atoms with E-state index in [-0.39, 0.29) is 0 Å². The lowest BCUT2D eigenvalue weighted by Crippen LogP contribution is -1.70. The minimum atomic E-state index is 1.19. The molecule has 0 spiro atoms. The van der Waals surface area contributed by atoms with Gasteiger partial charge in [-0.3, -0.25) is 0 Å².